The zero-order valence-electron chi connectivity index (χ0n) is 14.8. The second-order valence-corrected chi connectivity index (χ2v) is 6.65. The minimum Gasteiger partial charge on any atom is -0.494 e. The highest BCUT2D eigenvalue weighted by Gasteiger charge is 2.38. The molecule has 138 valence electrons. The molecule has 0 saturated carbocycles. The fourth-order valence-corrected chi connectivity index (χ4v) is 3.44. The fourth-order valence-electron chi connectivity index (χ4n) is 3.44. The van der Waals surface area contributed by atoms with Crippen molar-refractivity contribution in [2.45, 2.75) is 32.1 Å². The van der Waals surface area contributed by atoms with Crippen LogP contribution in [0.1, 0.15) is 51.1 Å². The van der Waals surface area contributed by atoms with Crippen LogP contribution < -0.4 is 4.74 Å². The number of ether oxygens (including phenoxy) is 1. The number of rotatable bonds is 6. The van der Waals surface area contributed by atoms with E-state index in [4.69, 9.17) is 9.57 Å². The molecule has 27 heavy (non-hydrogen) atoms. The number of fused-ring (bicyclic) bond motifs is 2. The first-order valence-corrected chi connectivity index (χ1v) is 9.07. The first-order valence-electron chi connectivity index (χ1n) is 9.07. The number of hydrogen-bond donors (Lipinski definition) is 0. The van der Waals surface area contributed by atoms with Gasteiger partial charge in [0.1, 0.15) is 5.75 Å². The molecule has 0 unspecified atom stereocenters. The topological polar surface area (TPSA) is 72.9 Å². The maximum atomic E-state index is 12.2. The van der Waals surface area contributed by atoms with Crippen LogP contribution in [0, 0.1) is 0 Å². The Balaban J connectivity index is 1.25. The van der Waals surface area contributed by atoms with Crippen molar-refractivity contribution in [1.82, 2.24) is 5.06 Å². The van der Waals surface area contributed by atoms with Gasteiger partial charge in [-0.1, -0.05) is 23.3 Å². The molecule has 0 saturated heterocycles. The van der Waals surface area contributed by atoms with Gasteiger partial charge in [0.2, 0.25) is 0 Å². The number of amides is 2. The molecule has 2 aromatic rings. The van der Waals surface area contributed by atoms with Crippen LogP contribution in [0.4, 0.5) is 0 Å². The predicted octanol–water partition coefficient (Wildman–Crippen LogP) is 3.09. The SMILES string of the molecule is O=C(CCCOc1ccc2c(c1)CCC2)ON1C(=O)c2ccccc2C1=O. The lowest BCUT2D eigenvalue weighted by atomic mass is 10.1. The zero-order chi connectivity index (χ0) is 18.8. The van der Waals surface area contributed by atoms with Crippen molar-refractivity contribution in [3.8, 4) is 5.75 Å². The molecule has 1 aliphatic heterocycles. The van der Waals surface area contributed by atoms with Gasteiger partial charge in [-0.15, -0.1) is 0 Å². The van der Waals surface area contributed by atoms with Crippen LogP contribution in [0.15, 0.2) is 42.5 Å². The summed E-state index contributed by atoms with van der Waals surface area (Å²) in [6.45, 7) is 0.357. The maximum absolute atomic E-state index is 12.2. The number of nitrogens with zero attached hydrogens (tertiary/aromatic N) is 1. The Morgan fingerprint density at radius 2 is 1.67 bits per heavy atom. The van der Waals surface area contributed by atoms with E-state index in [1.54, 1.807) is 12.1 Å². The molecule has 2 aromatic carbocycles. The van der Waals surface area contributed by atoms with E-state index in [0.717, 1.165) is 18.6 Å². The summed E-state index contributed by atoms with van der Waals surface area (Å²) in [7, 11) is 0. The standard InChI is InChI=1S/C21H19NO5/c23-19(27-22-20(24)17-7-1-2-8-18(17)21(22)25)9-4-12-26-16-11-10-14-5-3-6-15(14)13-16/h1-2,7-8,10-11,13H,3-6,9,12H2. The summed E-state index contributed by atoms with van der Waals surface area (Å²) in [4.78, 5) is 41.3. The summed E-state index contributed by atoms with van der Waals surface area (Å²) in [5.41, 5.74) is 3.20. The van der Waals surface area contributed by atoms with Gasteiger partial charge in [-0.05, 0) is 61.1 Å². The monoisotopic (exact) mass is 365 g/mol. The van der Waals surface area contributed by atoms with E-state index in [2.05, 4.69) is 12.1 Å². The van der Waals surface area contributed by atoms with E-state index < -0.39 is 17.8 Å². The molecule has 0 bridgehead atoms. The number of hydroxylamine groups is 2. The van der Waals surface area contributed by atoms with Crippen molar-refractivity contribution >= 4 is 17.8 Å². The Kier molecular flexibility index (Phi) is 4.62. The van der Waals surface area contributed by atoms with Crippen molar-refractivity contribution in [3.63, 3.8) is 0 Å². The third-order valence-electron chi connectivity index (χ3n) is 4.81. The van der Waals surface area contributed by atoms with Crippen LogP contribution >= 0.6 is 0 Å². The van der Waals surface area contributed by atoms with Gasteiger partial charge in [0.05, 0.1) is 24.2 Å². The Morgan fingerprint density at radius 3 is 2.41 bits per heavy atom. The van der Waals surface area contributed by atoms with Crippen molar-refractivity contribution in [1.29, 1.82) is 0 Å². The van der Waals surface area contributed by atoms with E-state index in [1.165, 1.54) is 29.7 Å². The van der Waals surface area contributed by atoms with Crippen LogP contribution in [0.25, 0.3) is 0 Å². The van der Waals surface area contributed by atoms with Gasteiger partial charge in [-0.25, -0.2) is 4.79 Å². The molecule has 0 aromatic heterocycles. The van der Waals surface area contributed by atoms with Crippen molar-refractivity contribution < 1.29 is 24.0 Å². The number of benzene rings is 2. The molecule has 0 atom stereocenters. The third-order valence-corrected chi connectivity index (χ3v) is 4.81. The van der Waals surface area contributed by atoms with Gasteiger partial charge in [-0.3, -0.25) is 9.59 Å². The molecular formula is C21H19NO5. The highest BCUT2D eigenvalue weighted by molar-refractivity contribution is 6.20. The molecule has 0 N–H and O–H groups in total. The second-order valence-electron chi connectivity index (χ2n) is 6.65. The summed E-state index contributed by atoms with van der Waals surface area (Å²) in [6.07, 6.45) is 3.87. The average Bonchev–Trinajstić information content (AvgIpc) is 3.24. The predicted molar refractivity (Wildman–Crippen MR) is 96.2 cm³/mol. The summed E-state index contributed by atoms with van der Waals surface area (Å²) in [6, 6.07) is 12.5. The van der Waals surface area contributed by atoms with Crippen LogP contribution in [0.3, 0.4) is 0 Å². The van der Waals surface area contributed by atoms with Gasteiger partial charge in [0.25, 0.3) is 11.8 Å². The summed E-state index contributed by atoms with van der Waals surface area (Å²) >= 11 is 0. The highest BCUT2D eigenvalue weighted by atomic mass is 16.7. The molecule has 6 heteroatoms. The Morgan fingerprint density at radius 1 is 0.963 bits per heavy atom. The van der Waals surface area contributed by atoms with Gasteiger partial charge in [-0.2, -0.15) is 0 Å². The summed E-state index contributed by atoms with van der Waals surface area (Å²) in [5, 5.41) is 0.536. The van der Waals surface area contributed by atoms with E-state index in [-0.39, 0.29) is 17.5 Å². The first-order chi connectivity index (χ1) is 13.1. The van der Waals surface area contributed by atoms with Crippen molar-refractivity contribution in [2.24, 2.45) is 0 Å². The van der Waals surface area contributed by atoms with E-state index in [1.807, 2.05) is 6.07 Å². The summed E-state index contributed by atoms with van der Waals surface area (Å²) in [5.74, 6) is -1.07. The van der Waals surface area contributed by atoms with Crippen molar-refractivity contribution in [3.05, 3.63) is 64.7 Å². The maximum Gasteiger partial charge on any atom is 0.333 e. The average molecular weight is 365 g/mol. The number of imide groups is 1. The Hall–Kier alpha value is -3.15. The molecule has 0 radical (unpaired) electrons. The number of aryl methyl sites for hydroxylation is 2. The molecule has 0 fully saturated rings. The lowest BCUT2D eigenvalue weighted by Crippen LogP contribution is -2.32. The second kappa shape index (κ2) is 7.23. The molecule has 0 spiro atoms. The quantitative estimate of drug-likeness (QED) is 0.581. The lowest BCUT2D eigenvalue weighted by Gasteiger charge is -2.13. The molecular weight excluding hydrogens is 346 g/mol. The smallest absolute Gasteiger partial charge is 0.333 e. The molecule has 2 amide bonds. The molecule has 1 aliphatic carbocycles. The van der Waals surface area contributed by atoms with Gasteiger partial charge in [0, 0.05) is 0 Å². The number of carbonyl (C=O) groups is 3. The van der Waals surface area contributed by atoms with Gasteiger partial charge < -0.3 is 9.57 Å². The van der Waals surface area contributed by atoms with Crippen LogP contribution in [0.5, 0.6) is 5.75 Å². The van der Waals surface area contributed by atoms with Gasteiger partial charge in [0.15, 0.2) is 0 Å². The van der Waals surface area contributed by atoms with E-state index >= 15 is 0 Å². The van der Waals surface area contributed by atoms with Crippen LogP contribution in [0.2, 0.25) is 0 Å². The number of carbonyl (C=O) groups excluding carboxylic acids is 3. The Labute approximate surface area is 156 Å². The minimum absolute atomic E-state index is 0.0539. The lowest BCUT2D eigenvalue weighted by molar-refractivity contribution is -0.168. The zero-order valence-corrected chi connectivity index (χ0v) is 14.8. The van der Waals surface area contributed by atoms with Crippen molar-refractivity contribution in [2.75, 3.05) is 6.61 Å². The third kappa shape index (κ3) is 3.43. The van der Waals surface area contributed by atoms with Crippen LogP contribution in [-0.2, 0) is 22.5 Å². The highest BCUT2D eigenvalue weighted by Crippen LogP contribution is 2.26. The summed E-state index contributed by atoms with van der Waals surface area (Å²) < 4.78 is 5.69. The van der Waals surface area contributed by atoms with E-state index in [0.29, 0.717) is 18.1 Å². The minimum atomic E-state index is -0.637. The fraction of sp³-hybridized carbons (Fsp3) is 0.286. The molecule has 6 nitrogen and oxygen atoms in total. The normalized spacial score (nSPS) is 14.9. The molecule has 4 rings (SSSR count). The van der Waals surface area contributed by atoms with Gasteiger partial charge >= 0.3 is 5.97 Å². The molecule has 1 heterocycles. The first kappa shape index (κ1) is 17.3. The van der Waals surface area contributed by atoms with Crippen LogP contribution in [-0.4, -0.2) is 29.5 Å². The number of hydrogen-bond acceptors (Lipinski definition) is 5. The van der Waals surface area contributed by atoms with E-state index in [9.17, 15) is 14.4 Å². The molecule has 2 aliphatic rings. The Bertz CT molecular complexity index is 886. The largest absolute Gasteiger partial charge is 0.494 e.